The highest BCUT2D eigenvalue weighted by molar-refractivity contribution is 6.04. The number of anilines is 2. The minimum atomic E-state index is -0.641. The number of rotatable bonds is 3. The topological polar surface area (TPSA) is 87.7 Å². The summed E-state index contributed by atoms with van der Waals surface area (Å²) < 4.78 is 6.16. The van der Waals surface area contributed by atoms with Crippen LogP contribution in [0.2, 0.25) is 0 Å². The number of nitriles is 1. The van der Waals surface area contributed by atoms with Crippen molar-refractivity contribution in [2.75, 3.05) is 19.1 Å². The molecule has 0 aromatic carbocycles. The molecule has 0 amide bonds. The summed E-state index contributed by atoms with van der Waals surface area (Å²) in [5, 5.41) is 9.57. The molecule has 0 atom stereocenters. The van der Waals surface area contributed by atoms with Crippen molar-refractivity contribution >= 4 is 35.4 Å². The maximum absolute atomic E-state index is 12.7. The molecule has 7 nitrogen and oxygen atoms in total. The Kier molecular flexibility index (Phi) is 5.60. The first kappa shape index (κ1) is 19.0. The number of esters is 1. The molecule has 26 heavy (non-hydrogen) atoms. The van der Waals surface area contributed by atoms with Crippen molar-refractivity contribution in [2.45, 2.75) is 0 Å². The number of aromatic nitrogens is 2. The Morgan fingerprint density at radius 1 is 1.27 bits per heavy atom. The van der Waals surface area contributed by atoms with E-state index in [1.165, 1.54) is 17.7 Å². The lowest BCUT2D eigenvalue weighted by atomic mass is 10.1. The van der Waals surface area contributed by atoms with E-state index in [2.05, 4.69) is 4.98 Å². The minimum absolute atomic E-state index is 0. The Morgan fingerprint density at radius 3 is 2.62 bits per heavy atom. The molecule has 0 aliphatic heterocycles. The van der Waals surface area contributed by atoms with Gasteiger partial charge in [-0.25, -0.2) is 9.78 Å². The number of carbonyl (C=O) groups is 1. The molecule has 132 valence electrons. The summed E-state index contributed by atoms with van der Waals surface area (Å²) in [5.41, 5.74) is -0.00595. The monoisotopic (exact) mass is 370 g/mol. The average Bonchev–Trinajstić information content (AvgIpc) is 2.67. The fraction of sp³-hybridized carbons (Fsp3) is 0.111. The van der Waals surface area contributed by atoms with Gasteiger partial charge in [-0.05, 0) is 24.3 Å². The molecule has 8 heteroatoms. The molecule has 0 aliphatic rings. The van der Waals surface area contributed by atoms with Crippen molar-refractivity contribution in [3.8, 4) is 6.07 Å². The zero-order valence-corrected chi connectivity index (χ0v) is 14.9. The summed E-state index contributed by atoms with van der Waals surface area (Å²) in [7, 11) is 2.90. The van der Waals surface area contributed by atoms with Gasteiger partial charge in [0.1, 0.15) is 23.0 Å². The van der Waals surface area contributed by atoms with E-state index in [4.69, 9.17) is 4.74 Å². The van der Waals surface area contributed by atoms with Gasteiger partial charge in [-0.3, -0.25) is 9.20 Å². The van der Waals surface area contributed by atoms with E-state index in [-0.39, 0.29) is 29.2 Å². The third-order valence-corrected chi connectivity index (χ3v) is 3.85. The molecule has 0 saturated carbocycles. The summed E-state index contributed by atoms with van der Waals surface area (Å²) in [6, 6.07) is 12.1. The molecule has 0 fully saturated rings. The third kappa shape index (κ3) is 2.98. The van der Waals surface area contributed by atoms with Gasteiger partial charge in [-0.15, -0.1) is 12.4 Å². The third-order valence-electron chi connectivity index (χ3n) is 3.85. The van der Waals surface area contributed by atoms with Crippen LogP contribution in [-0.4, -0.2) is 29.5 Å². The number of methoxy groups -OCH3 is 1. The fourth-order valence-corrected chi connectivity index (χ4v) is 2.70. The van der Waals surface area contributed by atoms with E-state index in [0.29, 0.717) is 11.3 Å². The van der Waals surface area contributed by atoms with Crippen LogP contribution in [0.3, 0.4) is 0 Å². The summed E-state index contributed by atoms with van der Waals surface area (Å²) in [6.45, 7) is 0. The molecule has 0 N–H and O–H groups in total. The molecule has 0 saturated heterocycles. The van der Waals surface area contributed by atoms with Crippen LogP contribution in [0.5, 0.6) is 0 Å². The molecule has 0 bridgehead atoms. The van der Waals surface area contributed by atoms with E-state index in [1.54, 1.807) is 54.5 Å². The molecule has 0 radical (unpaired) electrons. The molecular formula is C18H15ClN4O3. The van der Waals surface area contributed by atoms with E-state index in [1.807, 2.05) is 6.07 Å². The van der Waals surface area contributed by atoms with Crippen LogP contribution >= 0.6 is 12.4 Å². The van der Waals surface area contributed by atoms with Crippen LogP contribution in [0.15, 0.2) is 53.6 Å². The number of pyridine rings is 3. The van der Waals surface area contributed by atoms with Gasteiger partial charge >= 0.3 is 5.97 Å². The van der Waals surface area contributed by atoms with Crippen molar-refractivity contribution in [1.29, 1.82) is 5.26 Å². The summed E-state index contributed by atoms with van der Waals surface area (Å²) in [6.07, 6.45) is 3.10. The summed E-state index contributed by atoms with van der Waals surface area (Å²) in [5.74, 6) is -0.151. The lowest BCUT2D eigenvalue weighted by molar-refractivity contribution is 0.0603. The molecule has 0 spiro atoms. The van der Waals surface area contributed by atoms with Gasteiger partial charge in [0, 0.05) is 19.4 Å². The highest BCUT2D eigenvalue weighted by Gasteiger charge is 2.26. The van der Waals surface area contributed by atoms with Crippen LogP contribution < -0.4 is 10.5 Å². The van der Waals surface area contributed by atoms with E-state index in [0.717, 1.165) is 0 Å². The number of hydrogen-bond donors (Lipinski definition) is 0. The Morgan fingerprint density at radius 2 is 2.00 bits per heavy atom. The van der Waals surface area contributed by atoms with Crippen molar-refractivity contribution in [3.05, 3.63) is 70.3 Å². The molecule has 0 unspecified atom stereocenters. The largest absolute Gasteiger partial charge is 0.465 e. The molecule has 3 heterocycles. The molecule has 3 rings (SSSR count). The second-order valence-electron chi connectivity index (χ2n) is 5.21. The maximum Gasteiger partial charge on any atom is 0.342 e. The number of nitrogens with zero attached hydrogens (tertiary/aromatic N) is 4. The number of halogens is 1. The Labute approximate surface area is 155 Å². The smallest absolute Gasteiger partial charge is 0.342 e. The van der Waals surface area contributed by atoms with Crippen LogP contribution in [0.25, 0.3) is 5.52 Å². The van der Waals surface area contributed by atoms with Crippen molar-refractivity contribution in [1.82, 2.24) is 9.38 Å². The Balaban J connectivity index is 0.00000243. The molecule has 3 aromatic rings. The lowest BCUT2D eigenvalue weighted by Gasteiger charge is -2.23. The van der Waals surface area contributed by atoms with Crippen LogP contribution in [0.4, 0.5) is 11.5 Å². The minimum Gasteiger partial charge on any atom is -0.465 e. The molecular weight excluding hydrogens is 356 g/mol. The Bertz CT molecular complexity index is 1060. The quantitative estimate of drug-likeness (QED) is 0.658. The number of hydrogen-bond acceptors (Lipinski definition) is 6. The highest BCUT2D eigenvalue weighted by atomic mass is 35.5. The van der Waals surface area contributed by atoms with Gasteiger partial charge < -0.3 is 9.64 Å². The van der Waals surface area contributed by atoms with Crippen molar-refractivity contribution in [2.24, 2.45) is 0 Å². The second-order valence-corrected chi connectivity index (χ2v) is 5.21. The number of carbonyl (C=O) groups excluding carboxylic acids is 1. The van der Waals surface area contributed by atoms with Gasteiger partial charge in [0.05, 0.1) is 18.3 Å². The van der Waals surface area contributed by atoms with Gasteiger partial charge in [0.2, 0.25) is 0 Å². The first-order valence-corrected chi connectivity index (χ1v) is 7.40. The van der Waals surface area contributed by atoms with E-state index >= 15 is 0 Å². The number of ether oxygens (including phenoxy) is 1. The normalized spacial score (nSPS) is 9.88. The average molecular weight is 371 g/mol. The van der Waals surface area contributed by atoms with E-state index < -0.39 is 11.5 Å². The van der Waals surface area contributed by atoms with Gasteiger partial charge in [0.25, 0.3) is 5.56 Å². The molecule has 0 aliphatic carbocycles. The van der Waals surface area contributed by atoms with Gasteiger partial charge in [0.15, 0.2) is 0 Å². The fourth-order valence-electron chi connectivity index (χ4n) is 2.70. The second kappa shape index (κ2) is 7.68. The van der Waals surface area contributed by atoms with Gasteiger partial charge in [-0.2, -0.15) is 5.26 Å². The van der Waals surface area contributed by atoms with Crippen molar-refractivity contribution in [3.63, 3.8) is 0 Å². The Hall–Kier alpha value is -3.37. The maximum atomic E-state index is 12.7. The van der Waals surface area contributed by atoms with Crippen molar-refractivity contribution < 1.29 is 9.53 Å². The van der Waals surface area contributed by atoms with Crippen LogP contribution in [-0.2, 0) is 4.74 Å². The predicted octanol–water partition coefficient (Wildman–Crippen LogP) is 2.54. The standard InChI is InChI=1S/C18H14N4O3.ClH/c1-21(14-8-3-5-9-20-14)16-12(11-19)17(23)22-10-6-4-7-13(22)15(16)18(24)25-2;/h3-10H,1-2H3;1H. The predicted molar refractivity (Wildman–Crippen MR) is 99.3 cm³/mol. The first-order valence-electron chi connectivity index (χ1n) is 7.40. The first-order chi connectivity index (χ1) is 12.1. The van der Waals surface area contributed by atoms with Crippen LogP contribution in [0, 0.1) is 11.3 Å². The van der Waals surface area contributed by atoms with Crippen LogP contribution in [0.1, 0.15) is 15.9 Å². The zero-order chi connectivity index (χ0) is 18.0. The lowest BCUT2D eigenvalue weighted by Crippen LogP contribution is -2.26. The number of fused-ring (bicyclic) bond motifs is 1. The van der Waals surface area contributed by atoms with E-state index in [9.17, 15) is 14.9 Å². The summed E-state index contributed by atoms with van der Waals surface area (Å²) in [4.78, 5) is 31.0. The SMILES string of the molecule is COC(=O)c1c(N(C)c2ccccn2)c(C#N)c(=O)n2ccccc12.Cl. The van der Waals surface area contributed by atoms with Gasteiger partial charge in [-0.1, -0.05) is 12.1 Å². The highest BCUT2D eigenvalue weighted by Crippen LogP contribution is 2.31. The summed E-state index contributed by atoms with van der Waals surface area (Å²) >= 11 is 0. The molecule has 3 aromatic heterocycles. The zero-order valence-electron chi connectivity index (χ0n) is 14.0.